The molecule has 1 aliphatic heterocycles. The zero-order valence-electron chi connectivity index (χ0n) is 8.25. The summed E-state index contributed by atoms with van der Waals surface area (Å²) in [6.45, 7) is 0.452. The minimum atomic E-state index is -4.32. The smallest absolute Gasteiger partial charge is 0.384 e. The molecule has 0 aliphatic carbocycles. The predicted molar refractivity (Wildman–Crippen MR) is 54.2 cm³/mol. The van der Waals surface area contributed by atoms with Crippen LogP contribution in [0.25, 0.3) is 0 Å². The van der Waals surface area contributed by atoms with Crippen molar-refractivity contribution in [3.8, 4) is 0 Å². The van der Waals surface area contributed by atoms with Gasteiger partial charge in [-0.2, -0.15) is 13.2 Å². The van der Waals surface area contributed by atoms with Crippen LogP contribution in [-0.2, 0) is 6.18 Å². The van der Waals surface area contributed by atoms with Crippen LogP contribution >= 0.6 is 0 Å². The minimum absolute atomic E-state index is 0.437. The van der Waals surface area contributed by atoms with Crippen LogP contribution < -0.4 is 16.2 Å². The first-order valence-corrected chi connectivity index (χ1v) is 4.64. The average molecular weight is 229 g/mol. The number of nitrogens with one attached hydrogen (secondary N) is 1. The molecule has 1 aliphatic rings. The van der Waals surface area contributed by atoms with Crippen molar-refractivity contribution in [2.24, 2.45) is 5.73 Å². The molecular weight excluding hydrogens is 219 g/mol. The van der Waals surface area contributed by atoms with E-state index in [1.54, 1.807) is 17.2 Å². The molecule has 86 valence electrons. The Morgan fingerprint density at radius 3 is 2.62 bits per heavy atom. The third kappa shape index (κ3) is 2.05. The number of nitrogens with zero attached hydrogens (tertiary/aromatic N) is 1. The van der Waals surface area contributed by atoms with E-state index < -0.39 is 11.7 Å². The van der Waals surface area contributed by atoms with Crippen LogP contribution in [0.15, 0.2) is 36.2 Å². The largest absolute Gasteiger partial charge is 0.416 e. The van der Waals surface area contributed by atoms with Gasteiger partial charge in [0.1, 0.15) is 5.82 Å². The highest BCUT2D eigenvalue weighted by atomic mass is 19.4. The normalized spacial score (nSPS) is 15.9. The van der Waals surface area contributed by atoms with Crippen molar-refractivity contribution < 1.29 is 13.2 Å². The Labute approximate surface area is 90.3 Å². The van der Waals surface area contributed by atoms with Gasteiger partial charge in [0.2, 0.25) is 0 Å². The van der Waals surface area contributed by atoms with Crippen LogP contribution in [0.1, 0.15) is 5.56 Å². The number of alkyl halides is 3. The highest BCUT2D eigenvalue weighted by Gasteiger charge is 2.31. The molecular formula is C10H10F3N3. The number of hydrazine groups is 1. The lowest BCUT2D eigenvalue weighted by Crippen LogP contribution is -2.34. The summed E-state index contributed by atoms with van der Waals surface area (Å²) in [5.41, 5.74) is 7.99. The first-order valence-electron chi connectivity index (χ1n) is 4.64. The lowest BCUT2D eigenvalue weighted by Gasteiger charge is -2.20. The van der Waals surface area contributed by atoms with Crippen molar-refractivity contribution in [1.82, 2.24) is 5.43 Å². The van der Waals surface area contributed by atoms with Gasteiger partial charge in [0, 0.05) is 0 Å². The number of nitrogens with two attached hydrogens (primary N) is 1. The molecule has 0 amide bonds. The van der Waals surface area contributed by atoms with E-state index >= 15 is 0 Å². The molecule has 2 rings (SSSR count). The van der Waals surface area contributed by atoms with E-state index in [0.29, 0.717) is 18.1 Å². The minimum Gasteiger partial charge on any atom is -0.384 e. The molecule has 1 aromatic carbocycles. The number of anilines is 1. The Morgan fingerprint density at radius 2 is 2.06 bits per heavy atom. The number of benzene rings is 1. The molecule has 0 saturated carbocycles. The number of hydrogen-bond acceptors (Lipinski definition) is 3. The van der Waals surface area contributed by atoms with E-state index in [-0.39, 0.29) is 0 Å². The van der Waals surface area contributed by atoms with Crippen LogP contribution in [0, 0.1) is 0 Å². The fourth-order valence-electron chi connectivity index (χ4n) is 1.46. The lowest BCUT2D eigenvalue weighted by atomic mass is 10.2. The van der Waals surface area contributed by atoms with E-state index in [0.717, 1.165) is 12.1 Å². The maximum absolute atomic E-state index is 12.5. The third-order valence-corrected chi connectivity index (χ3v) is 2.24. The second-order valence-corrected chi connectivity index (χ2v) is 3.43. The molecule has 0 unspecified atom stereocenters. The maximum atomic E-state index is 12.5. The fourth-order valence-corrected chi connectivity index (χ4v) is 1.46. The number of halogens is 3. The zero-order chi connectivity index (χ0) is 11.8. The van der Waals surface area contributed by atoms with Gasteiger partial charge in [0.05, 0.1) is 17.8 Å². The van der Waals surface area contributed by atoms with Crippen LogP contribution in [-0.4, -0.2) is 6.54 Å². The summed E-state index contributed by atoms with van der Waals surface area (Å²) in [5, 5.41) is 1.55. The summed E-state index contributed by atoms with van der Waals surface area (Å²) < 4.78 is 37.4. The van der Waals surface area contributed by atoms with Gasteiger partial charge in [0.15, 0.2) is 0 Å². The van der Waals surface area contributed by atoms with Crippen molar-refractivity contribution >= 4 is 5.69 Å². The highest BCUT2D eigenvalue weighted by molar-refractivity contribution is 5.50. The Bertz CT molecular complexity index is 426. The third-order valence-electron chi connectivity index (χ3n) is 2.24. The molecule has 0 spiro atoms. The van der Waals surface area contributed by atoms with Gasteiger partial charge in [-0.3, -0.25) is 10.4 Å². The molecule has 0 bridgehead atoms. The zero-order valence-corrected chi connectivity index (χ0v) is 8.25. The fraction of sp³-hybridized carbons (Fsp3) is 0.200. The maximum Gasteiger partial charge on any atom is 0.416 e. The van der Waals surface area contributed by atoms with E-state index in [1.807, 2.05) is 0 Å². The van der Waals surface area contributed by atoms with E-state index in [9.17, 15) is 13.2 Å². The predicted octanol–water partition coefficient (Wildman–Crippen LogP) is 1.83. The van der Waals surface area contributed by atoms with E-state index in [4.69, 9.17) is 5.73 Å². The highest BCUT2D eigenvalue weighted by Crippen LogP contribution is 2.31. The Kier molecular flexibility index (Phi) is 2.41. The van der Waals surface area contributed by atoms with Crippen molar-refractivity contribution in [1.29, 1.82) is 0 Å². The summed E-state index contributed by atoms with van der Waals surface area (Å²) in [7, 11) is 0. The average Bonchev–Trinajstić information content (AvgIpc) is 2.64. The van der Waals surface area contributed by atoms with Gasteiger partial charge in [-0.05, 0) is 24.3 Å². The molecule has 0 fully saturated rings. The number of rotatable bonds is 1. The van der Waals surface area contributed by atoms with Gasteiger partial charge in [-0.1, -0.05) is 6.07 Å². The molecule has 0 atom stereocenters. The van der Waals surface area contributed by atoms with Crippen molar-refractivity contribution in [3.05, 3.63) is 41.7 Å². The van der Waals surface area contributed by atoms with Crippen molar-refractivity contribution in [2.75, 3.05) is 11.6 Å². The summed E-state index contributed by atoms with van der Waals surface area (Å²) >= 11 is 0. The van der Waals surface area contributed by atoms with Gasteiger partial charge in [-0.25, -0.2) is 0 Å². The van der Waals surface area contributed by atoms with Crippen LogP contribution in [0.2, 0.25) is 0 Å². The van der Waals surface area contributed by atoms with Crippen LogP contribution in [0.3, 0.4) is 0 Å². The van der Waals surface area contributed by atoms with E-state index in [1.165, 1.54) is 6.07 Å². The van der Waals surface area contributed by atoms with Crippen LogP contribution in [0.4, 0.5) is 18.9 Å². The summed E-state index contributed by atoms with van der Waals surface area (Å²) in [6, 6.07) is 5.08. The SMILES string of the molecule is NC1=CCN(c2cccc(C(F)(F)F)c2)N1. The molecule has 6 heteroatoms. The summed E-state index contributed by atoms with van der Waals surface area (Å²) in [5.74, 6) is 0.442. The molecule has 3 nitrogen and oxygen atoms in total. The first-order chi connectivity index (χ1) is 7.47. The van der Waals surface area contributed by atoms with Gasteiger partial charge in [-0.15, -0.1) is 0 Å². The molecule has 3 N–H and O–H groups in total. The topological polar surface area (TPSA) is 41.3 Å². The second kappa shape index (κ2) is 3.62. The van der Waals surface area contributed by atoms with Gasteiger partial charge >= 0.3 is 6.18 Å². The standard InChI is InChI=1S/C10H10F3N3/c11-10(12,13)7-2-1-3-8(6-7)16-5-4-9(14)15-16/h1-4,6,15H,5,14H2. The Morgan fingerprint density at radius 1 is 1.31 bits per heavy atom. The second-order valence-electron chi connectivity index (χ2n) is 3.43. The van der Waals surface area contributed by atoms with E-state index in [2.05, 4.69) is 5.43 Å². The van der Waals surface area contributed by atoms with Crippen molar-refractivity contribution in [2.45, 2.75) is 6.18 Å². The summed E-state index contributed by atoms with van der Waals surface area (Å²) in [6.07, 6.45) is -2.63. The van der Waals surface area contributed by atoms with Gasteiger partial charge < -0.3 is 5.73 Å². The molecule has 0 aromatic heterocycles. The monoisotopic (exact) mass is 229 g/mol. The lowest BCUT2D eigenvalue weighted by molar-refractivity contribution is -0.137. The van der Waals surface area contributed by atoms with Crippen LogP contribution in [0.5, 0.6) is 0 Å². The molecule has 0 saturated heterocycles. The molecule has 1 heterocycles. The molecule has 0 radical (unpaired) electrons. The molecule has 1 aromatic rings. The van der Waals surface area contributed by atoms with Crippen molar-refractivity contribution in [3.63, 3.8) is 0 Å². The Balaban J connectivity index is 2.24. The summed E-state index contributed by atoms with van der Waals surface area (Å²) in [4.78, 5) is 0. The number of hydrogen-bond donors (Lipinski definition) is 2. The molecule has 16 heavy (non-hydrogen) atoms. The first kappa shape index (κ1) is 10.7. The quantitative estimate of drug-likeness (QED) is 0.772. The van der Waals surface area contributed by atoms with Gasteiger partial charge in [0.25, 0.3) is 0 Å². The Hall–Kier alpha value is -1.85.